The van der Waals surface area contributed by atoms with E-state index in [1.54, 1.807) is 0 Å². The summed E-state index contributed by atoms with van der Waals surface area (Å²) >= 11 is 0. The van der Waals surface area contributed by atoms with E-state index >= 15 is 0 Å². The van der Waals surface area contributed by atoms with Crippen molar-refractivity contribution in [2.24, 2.45) is 0 Å². The van der Waals surface area contributed by atoms with Gasteiger partial charge in [-0.05, 0) is 0 Å². The van der Waals surface area contributed by atoms with Gasteiger partial charge in [0.2, 0.25) is 0 Å². The number of hydrogen-bond acceptors (Lipinski definition) is 0. The molecule has 3 aromatic rings. The molecule has 0 saturated heterocycles. The van der Waals surface area contributed by atoms with Gasteiger partial charge in [0, 0.05) is 0 Å². The quantitative estimate of drug-likeness (QED) is 0.439. The summed E-state index contributed by atoms with van der Waals surface area (Å²) in [6.07, 6.45) is 3.48. The van der Waals surface area contributed by atoms with Crippen molar-refractivity contribution in [3.8, 4) is 0 Å². The van der Waals surface area contributed by atoms with Crippen LogP contribution in [0, 0.1) is 37.3 Å². The van der Waals surface area contributed by atoms with Gasteiger partial charge in [-0.2, -0.15) is 53.1 Å². The van der Waals surface area contributed by atoms with Crippen molar-refractivity contribution < 1.29 is 37.3 Å². The molecule has 1 heteroatoms. The van der Waals surface area contributed by atoms with E-state index < -0.39 is 0 Å². The molecule has 0 aromatic heterocycles. The third-order valence-corrected chi connectivity index (χ3v) is 3.42. The normalized spacial score (nSPS) is 8.86. The van der Waals surface area contributed by atoms with Crippen LogP contribution in [0.2, 0.25) is 0 Å². The molecular formula is C21H27Er. The van der Waals surface area contributed by atoms with Crippen LogP contribution in [0.15, 0.2) is 72.8 Å². The molecule has 0 bridgehead atoms. The fourth-order valence-corrected chi connectivity index (χ4v) is 1.95. The van der Waals surface area contributed by atoms with E-state index in [4.69, 9.17) is 0 Å². The van der Waals surface area contributed by atoms with Gasteiger partial charge in [-0.15, -0.1) is 0 Å². The first-order valence-electron chi connectivity index (χ1n) is 7.91. The minimum absolute atomic E-state index is 0. The molecule has 1 radical (unpaired) electrons. The molecule has 0 aliphatic carbocycles. The minimum atomic E-state index is 0. The van der Waals surface area contributed by atoms with E-state index in [9.17, 15) is 0 Å². The van der Waals surface area contributed by atoms with E-state index in [0.717, 1.165) is 19.3 Å². The average molecular weight is 447 g/mol. The second-order valence-electron chi connectivity index (χ2n) is 4.94. The maximum atomic E-state index is 2.16. The predicted molar refractivity (Wildman–Crippen MR) is 94.2 cm³/mol. The summed E-state index contributed by atoms with van der Waals surface area (Å²) in [4.78, 5) is 0. The van der Waals surface area contributed by atoms with Gasteiger partial charge >= 0.3 is 37.3 Å². The van der Waals surface area contributed by atoms with Crippen LogP contribution in [-0.2, 0) is 19.3 Å². The molecule has 0 unspecified atom stereocenters. The zero-order chi connectivity index (χ0) is 15.3. The van der Waals surface area contributed by atoms with Gasteiger partial charge < -0.3 is 0 Å². The monoisotopic (exact) mass is 445 g/mol. The Balaban J connectivity index is 0.000000294. The average Bonchev–Trinajstić information content (AvgIpc) is 3.31. The van der Waals surface area contributed by atoms with Crippen molar-refractivity contribution in [2.45, 2.75) is 40.0 Å². The van der Waals surface area contributed by atoms with E-state index in [2.05, 4.69) is 93.6 Å². The van der Waals surface area contributed by atoms with E-state index in [1.165, 1.54) is 16.7 Å². The van der Waals surface area contributed by atoms with Crippen LogP contribution in [-0.4, -0.2) is 0 Å². The van der Waals surface area contributed by atoms with Crippen LogP contribution in [0.3, 0.4) is 0 Å². The van der Waals surface area contributed by atoms with Crippen LogP contribution in [0.4, 0.5) is 0 Å². The molecule has 3 aromatic carbocycles. The van der Waals surface area contributed by atoms with Gasteiger partial charge in [0.05, 0.1) is 0 Å². The summed E-state index contributed by atoms with van der Waals surface area (Å²) in [5.41, 5.74) is 4.29. The first-order valence-corrected chi connectivity index (χ1v) is 7.91. The van der Waals surface area contributed by atoms with E-state index in [0.29, 0.717) is 0 Å². The smallest absolute Gasteiger partial charge is 0.213 e. The molecule has 0 heterocycles. The van der Waals surface area contributed by atoms with Crippen molar-refractivity contribution in [2.75, 3.05) is 0 Å². The Morgan fingerprint density at radius 1 is 0.455 bits per heavy atom. The molecule has 0 fully saturated rings. The molecule has 123 valence electrons. The SMILES string of the molecule is CC[c-]1cccc1.CC[c-]1cccc1.CC[c-]1cccc1.[Er+3]. The molecule has 22 heavy (non-hydrogen) atoms. The Kier molecular flexibility index (Phi) is 13.5. The third-order valence-electron chi connectivity index (χ3n) is 3.42. The Morgan fingerprint density at radius 3 is 0.727 bits per heavy atom. The molecule has 0 spiro atoms. The van der Waals surface area contributed by atoms with E-state index in [-0.39, 0.29) is 37.3 Å². The topological polar surface area (TPSA) is 0 Å². The summed E-state index contributed by atoms with van der Waals surface area (Å²) in [5, 5.41) is 0. The number of hydrogen-bond donors (Lipinski definition) is 0. The van der Waals surface area contributed by atoms with Gasteiger partial charge in [-0.25, -0.2) is 36.4 Å². The number of aryl methyl sites for hydroxylation is 3. The molecular weight excluding hydrogens is 419 g/mol. The summed E-state index contributed by atoms with van der Waals surface area (Å²) in [5.74, 6) is 0. The molecule has 0 aliphatic heterocycles. The Labute approximate surface area is 165 Å². The first-order chi connectivity index (χ1) is 10.3. The summed E-state index contributed by atoms with van der Waals surface area (Å²) in [6, 6.07) is 25.2. The second kappa shape index (κ2) is 13.9. The molecule has 0 nitrogen and oxygen atoms in total. The predicted octanol–water partition coefficient (Wildman–Crippen LogP) is 5.90. The van der Waals surface area contributed by atoms with Gasteiger partial charge in [0.15, 0.2) is 0 Å². The maximum absolute atomic E-state index is 2.16. The summed E-state index contributed by atoms with van der Waals surface area (Å²) in [7, 11) is 0. The molecule has 3 rings (SSSR count). The van der Waals surface area contributed by atoms with Crippen molar-refractivity contribution in [3.63, 3.8) is 0 Å². The maximum Gasteiger partial charge on any atom is 3.00 e. The molecule has 0 atom stereocenters. The van der Waals surface area contributed by atoms with Crippen molar-refractivity contribution >= 4 is 0 Å². The molecule has 0 saturated carbocycles. The molecule has 0 amide bonds. The Hall–Kier alpha value is -0.703. The van der Waals surface area contributed by atoms with Crippen molar-refractivity contribution in [1.82, 2.24) is 0 Å². The summed E-state index contributed by atoms with van der Waals surface area (Å²) in [6.45, 7) is 6.49. The first kappa shape index (κ1) is 21.3. The van der Waals surface area contributed by atoms with Crippen LogP contribution >= 0.6 is 0 Å². The third kappa shape index (κ3) is 9.34. The zero-order valence-corrected chi connectivity index (χ0v) is 15.7. The standard InChI is InChI=1S/3C7H9.Er/c3*1-2-7-5-3-4-6-7;/h3*3-6H,2H2,1H3;/q3*-1;+3. The largest absolute Gasteiger partial charge is 3.00 e. The fourth-order valence-electron chi connectivity index (χ4n) is 1.95. The van der Waals surface area contributed by atoms with Gasteiger partial charge in [0.25, 0.3) is 0 Å². The van der Waals surface area contributed by atoms with Crippen LogP contribution in [0.25, 0.3) is 0 Å². The Morgan fingerprint density at radius 2 is 0.636 bits per heavy atom. The van der Waals surface area contributed by atoms with Gasteiger partial charge in [0.1, 0.15) is 0 Å². The molecule has 0 aliphatic rings. The van der Waals surface area contributed by atoms with Crippen molar-refractivity contribution in [1.29, 1.82) is 0 Å². The minimum Gasteiger partial charge on any atom is -0.213 e. The number of rotatable bonds is 3. The van der Waals surface area contributed by atoms with Gasteiger partial charge in [-0.3, -0.25) is 0 Å². The van der Waals surface area contributed by atoms with Crippen molar-refractivity contribution in [3.05, 3.63) is 89.5 Å². The van der Waals surface area contributed by atoms with Crippen LogP contribution in [0.1, 0.15) is 37.5 Å². The van der Waals surface area contributed by atoms with Crippen LogP contribution < -0.4 is 0 Å². The van der Waals surface area contributed by atoms with Gasteiger partial charge in [-0.1, -0.05) is 40.0 Å². The zero-order valence-electron chi connectivity index (χ0n) is 13.8. The molecule has 0 N–H and O–H groups in total. The van der Waals surface area contributed by atoms with Crippen LogP contribution in [0.5, 0.6) is 0 Å². The summed E-state index contributed by atoms with van der Waals surface area (Å²) < 4.78 is 0. The van der Waals surface area contributed by atoms with E-state index in [1.807, 2.05) is 0 Å². The fraction of sp³-hybridized carbons (Fsp3) is 0.286. The second-order valence-corrected chi connectivity index (χ2v) is 4.94. The Bertz CT molecular complexity index is 431.